The fourth-order valence-corrected chi connectivity index (χ4v) is 6.63. The van der Waals surface area contributed by atoms with Crippen molar-refractivity contribution in [2.24, 2.45) is 5.73 Å². The van der Waals surface area contributed by atoms with Crippen LogP contribution in [-0.4, -0.2) is 5.78 Å². The Morgan fingerprint density at radius 1 is 1.00 bits per heavy atom. The molecule has 0 radical (unpaired) electrons. The van der Waals surface area contributed by atoms with Crippen LogP contribution in [-0.2, 0) is 16.7 Å². The fraction of sp³-hybridized carbons (Fsp3) is 0.273. The number of aryl methyl sites for hydroxylation is 3. The molecule has 3 aromatic carbocycles. The zero-order valence-electron chi connectivity index (χ0n) is 23.1. The Morgan fingerprint density at radius 2 is 1.68 bits per heavy atom. The van der Waals surface area contributed by atoms with E-state index in [4.69, 9.17) is 5.73 Å². The van der Waals surface area contributed by atoms with Crippen LogP contribution in [0, 0.1) is 32.1 Å². The van der Waals surface area contributed by atoms with Gasteiger partial charge in [0.25, 0.3) is 0 Å². The highest BCUT2D eigenvalue weighted by molar-refractivity contribution is 7.98. The van der Waals surface area contributed by atoms with Gasteiger partial charge in [-0.25, -0.2) is 0 Å². The highest BCUT2D eigenvalue weighted by Gasteiger charge is 2.41. The molecule has 2 aliphatic rings. The van der Waals surface area contributed by atoms with Crippen molar-refractivity contribution in [2.75, 3.05) is 4.90 Å². The second kappa shape index (κ2) is 11.1. The van der Waals surface area contributed by atoms with Crippen molar-refractivity contribution in [1.82, 2.24) is 0 Å². The molecule has 1 aliphatic heterocycles. The number of nitrogens with two attached hydrogens (primary N) is 1. The molecule has 3 aromatic rings. The standard InChI is InChI=1S/C33H30F3N3OS/c1-19-7-13-25(14-8-19)41-18-22-16-26(21(3)15-20(22)2)30-27(17-37)32(38)39(28-5-4-6-29(40)31(28)30)24-11-9-23(10-12-24)33(34,35)36/h7-16,30H,4-6,18,38H2,1-3H3. The molecule has 0 amide bonds. The largest absolute Gasteiger partial charge is 0.416 e. The van der Waals surface area contributed by atoms with Gasteiger partial charge in [-0.1, -0.05) is 29.8 Å². The molecule has 1 heterocycles. The van der Waals surface area contributed by atoms with Crippen molar-refractivity contribution in [3.63, 3.8) is 0 Å². The quantitative estimate of drug-likeness (QED) is 0.312. The average molecular weight is 574 g/mol. The smallest absolute Gasteiger partial charge is 0.384 e. The van der Waals surface area contributed by atoms with E-state index in [0.29, 0.717) is 42.0 Å². The number of ketones is 1. The summed E-state index contributed by atoms with van der Waals surface area (Å²) in [5.74, 6) is 0.149. The Bertz CT molecular complexity index is 1610. The molecule has 0 bridgehead atoms. The summed E-state index contributed by atoms with van der Waals surface area (Å²) < 4.78 is 39.7. The molecule has 0 aromatic heterocycles. The topological polar surface area (TPSA) is 70.1 Å². The summed E-state index contributed by atoms with van der Waals surface area (Å²) in [6.45, 7) is 6.08. The zero-order valence-corrected chi connectivity index (χ0v) is 23.9. The van der Waals surface area contributed by atoms with Crippen LogP contribution < -0.4 is 10.6 Å². The number of alkyl halides is 3. The fourth-order valence-electron chi connectivity index (χ4n) is 5.67. The number of Topliss-reactive ketones (excluding diaryl/α,β-unsaturated/α-hetero) is 1. The summed E-state index contributed by atoms with van der Waals surface area (Å²) in [6, 6.07) is 19.4. The molecule has 8 heteroatoms. The predicted molar refractivity (Wildman–Crippen MR) is 156 cm³/mol. The maximum atomic E-state index is 13.5. The van der Waals surface area contributed by atoms with E-state index in [2.05, 4.69) is 56.3 Å². The first-order valence-corrected chi connectivity index (χ1v) is 14.4. The number of allylic oxidation sites excluding steroid dienone is 3. The van der Waals surface area contributed by atoms with E-state index in [0.717, 1.165) is 39.3 Å². The third kappa shape index (κ3) is 5.51. The molecule has 4 nitrogen and oxygen atoms in total. The minimum atomic E-state index is -4.48. The molecule has 0 saturated carbocycles. The van der Waals surface area contributed by atoms with Gasteiger partial charge in [0.1, 0.15) is 5.82 Å². The molecule has 210 valence electrons. The van der Waals surface area contributed by atoms with E-state index in [1.54, 1.807) is 16.7 Å². The molecule has 2 N–H and O–H groups in total. The Labute approximate surface area is 242 Å². The van der Waals surface area contributed by atoms with E-state index >= 15 is 0 Å². The van der Waals surface area contributed by atoms with Gasteiger partial charge in [0.15, 0.2) is 5.78 Å². The lowest BCUT2D eigenvalue weighted by atomic mass is 9.74. The van der Waals surface area contributed by atoms with Crippen LogP contribution in [0.2, 0.25) is 0 Å². The molecule has 41 heavy (non-hydrogen) atoms. The van der Waals surface area contributed by atoms with Crippen LogP contribution in [0.25, 0.3) is 0 Å². The number of carbonyl (C=O) groups excluding carboxylic acids is 1. The van der Waals surface area contributed by atoms with Gasteiger partial charge in [0.2, 0.25) is 0 Å². The van der Waals surface area contributed by atoms with E-state index in [-0.39, 0.29) is 17.2 Å². The summed E-state index contributed by atoms with van der Waals surface area (Å²) in [6.07, 6.45) is -3.01. The van der Waals surface area contributed by atoms with Crippen LogP contribution >= 0.6 is 11.8 Å². The predicted octanol–water partition coefficient (Wildman–Crippen LogP) is 8.23. The van der Waals surface area contributed by atoms with Crippen molar-refractivity contribution < 1.29 is 18.0 Å². The first-order valence-electron chi connectivity index (χ1n) is 13.4. The van der Waals surface area contributed by atoms with Gasteiger partial charge in [-0.05, 0) is 92.3 Å². The number of halogens is 3. The highest BCUT2D eigenvalue weighted by Crippen LogP contribution is 2.47. The number of rotatable bonds is 5. The maximum absolute atomic E-state index is 13.5. The summed E-state index contributed by atoms with van der Waals surface area (Å²) in [5.41, 5.74) is 12.9. The third-order valence-corrected chi connectivity index (χ3v) is 8.88. The van der Waals surface area contributed by atoms with Crippen molar-refractivity contribution in [1.29, 1.82) is 5.26 Å². The lowest BCUT2D eigenvalue weighted by Crippen LogP contribution is -2.39. The van der Waals surface area contributed by atoms with Crippen molar-refractivity contribution in [3.8, 4) is 6.07 Å². The SMILES string of the molecule is Cc1ccc(SCc2cc(C3C(C#N)=C(N)N(c4ccc(C(F)(F)F)cc4)C4=C3C(=O)CCC4)c(C)cc2C)cc1. The zero-order chi connectivity index (χ0) is 29.5. The number of nitrogens with zero attached hydrogens (tertiary/aromatic N) is 2. The molecule has 1 atom stereocenters. The van der Waals surface area contributed by atoms with Gasteiger partial charge in [0, 0.05) is 34.0 Å². The number of nitriles is 1. The number of carbonyl (C=O) groups is 1. The third-order valence-electron chi connectivity index (χ3n) is 7.82. The van der Waals surface area contributed by atoms with Crippen molar-refractivity contribution in [3.05, 3.63) is 117 Å². The normalized spacial score (nSPS) is 17.5. The van der Waals surface area contributed by atoms with Crippen LogP contribution in [0.3, 0.4) is 0 Å². The van der Waals surface area contributed by atoms with Crippen LogP contribution in [0.5, 0.6) is 0 Å². The average Bonchev–Trinajstić information content (AvgIpc) is 2.93. The molecule has 0 saturated heterocycles. The Hall–Kier alpha value is -3.96. The Morgan fingerprint density at radius 3 is 2.32 bits per heavy atom. The highest BCUT2D eigenvalue weighted by atomic mass is 32.2. The second-order valence-electron chi connectivity index (χ2n) is 10.6. The summed E-state index contributed by atoms with van der Waals surface area (Å²) in [5, 5.41) is 10.4. The van der Waals surface area contributed by atoms with Crippen molar-refractivity contribution in [2.45, 2.75) is 62.8 Å². The Balaban J connectivity index is 1.60. The molecular formula is C33H30F3N3OS. The lowest BCUT2D eigenvalue weighted by Gasteiger charge is -2.40. The molecule has 1 aliphatic carbocycles. The minimum Gasteiger partial charge on any atom is -0.384 e. The van der Waals surface area contributed by atoms with Gasteiger partial charge in [0.05, 0.1) is 23.1 Å². The molecule has 5 rings (SSSR count). The monoisotopic (exact) mass is 573 g/mol. The summed E-state index contributed by atoms with van der Waals surface area (Å²) in [4.78, 5) is 16.3. The van der Waals surface area contributed by atoms with Gasteiger partial charge in [-0.15, -0.1) is 11.8 Å². The second-order valence-corrected chi connectivity index (χ2v) is 11.6. The lowest BCUT2D eigenvalue weighted by molar-refractivity contribution is -0.137. The van der Waals surface area contributed by atoms with E-state index in [1.165, 1.54) is 17.7 Å². The number of benzene rings is 3. The van der Waals surface area contributed by atoms with E-state index in [9.17, 15) is 23.2 Å². The van der Waals surface area contributed by atoms with E-state index < -0.39 is 17.7 Å². The Kier molecular flexibility index (Phi) is 7.76. The summed E-state index contributed by atoms with van der Waals surface area (Å²) in [7, 11) is 0. The van der Waals surface area contributed by atoms with Crippen LogP contribution in [0.4, 0.5) is 18.9 Å². The van der Waals surface area contributed by atoms with Crippen LogP contribution in [0.1, 0.15) is 58.6 Å². The summed E-state index contributed by atoms with van der Waals surface area (Å²) >= 11 is 1.72. The van der Waals surface area contributed by atoms with Crippen molar-refractivity contribution >= 4 is 23.2 Å². The number of hydrogen-bond donors (Lipinski definition) is 1. The first kappa shape index (κ1) is 28.6. The first-order chi connectivity index (χ1) is 19.5. The van der Waals surface area contributed by atoms with E-state index in [1.807, 2.05) is 6.92 Å². The molecule has 1 unspecified atom stereocenters. The van der Waals surface area contributed by atoms with Crippen LogP contribution in [0.15, 0.2) is 88.2 Å². The number of hydrogen-bond acceptors (Lipinski definition) is 5. The number of thioether (sulfide) groups is 1. The molecular weight excluding hydrogens is 543 g/mol. The maximum Gasteiger partial charge on any atom is 0.416 e. The van der Waals surface area contributed by atoms with Gasteiger partial charge in [-0.2, -0.15) is 18.4 Å². The number of anilines is 1. The van der Waals surface area contributed by atoms with Gasteiger partial charge in [-0.3, -0.25) is 9.69 Å². The molecule has 0 spiro atoms. The van der Waals surface area contributed by atoms with Gasteiger partial charge < -0.3 is 5.73 Å². The van der Waals surface area contributed by atoms with Gasteiger partial charge >= 0.3 is 6.18 Å². The minimum absolute atomic E-state index is 0.0658. The molecule has 0 fully saturated rings.